The summed E-state index contributed by atoms with van der Waals surface area (Å²) >= 11 is 3.51. The van der Waals surface area contributed by atoms with Crippen molar-refractivity contribution in [2.45, 2.75) is 84.0 Å². The number of allylic oxidation sites excluding steroid dienone is 1. The minimum absolute atomic E-state index is 0.0841. The van der Waals surface area contributed by atoms with Crippen LogP contribution in [0.25, 0.3) is 48.5 Å². The molecule has 324 valence electrons. The number of fused-ring (bicyclic) bond motifs is 1. The van der Waals surface area contributed by atoms with Gasteiger partial charge in [-0.15, -0.1) is 22.7 Å². The summed E-state index contributed by atoms with van der Waals surface area (Å²) in [5.41, 5.74) is 9.77. The Morgan fingerprint density at radius 1 is 0.790 bits per heavy atom. The summed E-state index contributed by atoms with van der Waals surface area (Å²) in [5.74, 6) is -0.314. The molecule has 2 aromatic carbocycles. The number of imidazole rings is 1. The van der Waals surface area contributed by atoms with Crippen LogP contribution in [0.3, 0.4) is 0 Å². The van der Waals surface area contributed by atoms with Crippen LogP contribution in [0.2, 0.25) is 0 Å². The first-order valence-corrected chi connectivity index (χ1v) is 23.1. The average molecular weight is 876 g/mol. The zero-order chi connectivity index (χ0) is 43.7. The summed E-state index contributed by atoms with van der Waals surface area (Å²) in [6.07, 6.45) is 7.17. The van der Waals surface area contributed by atoms with Gasteiger partial charge >= 0.3 is 6.09 Å². The quantitative estimate of drug-likeness (QED) is 0.0928. The van der Waals surface area contributed by atoms with E-state index < -0.39 is 30.7 Å². The lowest BCUT2D eigenvalue weighted by atomic mass is 9.96. The molecule has 5 aromatic rings. The lowest BCUT2D eigenvalue weighted by Crippen LogP contribution is -2.53. The van der Waals surface area contributed by atoms with Crippen molar-refractivity contribution in [3.8, 4) is 33.5 Å². The van der Waals surface area contributed by atoms with Gasteiger partial charge in [0.1, 0.15) is 24.5 Å². The van der Waals surface area contributed by atoms with Crippen molar-refractivity contribution < 1.29 is 29.0 Å². The van der Waals surface area contributed by atoms with Crippen LogP contribution in [-0.4, -0.2) is 99.3 Å². The van der Waals surface area contributed by atoms with Crippen LogP contribution in [0, 0.1) is 11.8 Å². The second kappa shape index (κ2) is 18.4. The third-order valence-corrected chi connectivity index (χ3v) is 14.4. The summed E-state index contributed by atoms with van der Waals surface area (Å²) < 4.78 is 7.29. The number of ether oxygens (including phenoxy) is 1. The van der Waals surface area contributed by atoms with Gasteiger partial charge in [0.15, 0.2) is 0 Å². The number of thiophene rings is 2. The minimum Gasteiger partial charge on any atom is -0.453 e. The van der Waals surface area contributed by atoms with E-state index >= 15 is 0 Å². The maximum Gasteiger partial charge on any atom is 0.407 e. The molecule has 2 unspecified atom stereocenters. The molecule has 13 nitrogen and oxygen atoms in total. The predicted octanol–water partition coefficient (Wildman–Crippen LogP) is 8.04. The molecule has 0 spiro atoms. The Morgan fingerprint density at radius 3 is 1.89 bits per heavy atom. The molecule has 3 aliphatic rings. The van der Waals surface area contributed by atoms with Crippen LogP contribution >= 0.6 is 22.7 Å². The number of aliphatic hydroxyl groups excluding tert-OH is 1. The van der Waals surface area contributed by atoms with Gasteiger partial charge < -0.3 is 35.3 Å². The van der Waals surface area contributed by atoms with Gasteiger partial charge in [0.05, 0.1) is 40.5 Å². The molecule has 15 heteroatoms. The second-order valence-electron chi connectivity index (χ2n) is 16.9. The zero-order valence-corrected chi connectivity index (χ0v) is 37.3. The number of benzene rings is 2. The lowest BCUT2D eigenvalue weighted by Gasteiger charge is -2.31. The zero-order valence-electron chi connectivity index (χ0n) is 35.6. The fourth-order valence-corrected chi connectivity index (χ4v) is 11.3. The van der Waals surface area contributed by atoms with Crippen molar-refractivity contribution in [3.05, 3.63) is 83.1 Å². The number of carbonyl (C=O) groups excluding carboxylic acids is 4. The second-order valence-corrected chi connectivity index (χ2v) is 18.7. The summed E-state index contributed by atoms with van der Waals surface area (Å²) in [4.78, 5) is 67.8. The first-order valence-electron chi connectivity index (χ1n) is 21.3. The smallest absolute Gasteiger partial charge is 0.407 e. The number of alkyl carbamates (subject to hydrolysis) is 1. The molecule has 0 aliphatic carbocycles. The Morgan fingerprint density at radius 2 is 1.32 bits per heavy atom. The molecule has 62 heavy (non-hydrogen) atoms. The SMILES string of the molecule is COC(=O)N[C@H](C(=O)N1CCCC1C1=NC=C(c2ccc(-c3csc4c(-c5ccc(-c6cnc(C7CCCN7C(=O)[C@@H](NC(=O)CO)C(C)C)[nH]6)cc5)csc34)cc2)C1)C(C)C. The predicted molar refractivity (Wildman–Crippen MR) is 245 cm³/mol. The van der Waals surface area contributed by atoms with Gasteiger partial charge in [0, 0.05) is 53.3 Å². The number of rotatable bonds is 13. The van der Waals surface area contributed by atoms with E-state index in [-0.39, 0.29) is 35.7 Å². The van der Waals surface area contributed by atoms with Gasteiger partial charge in [-0.3, -0.25) is 19.4 Å². The maximum absolute atomic E-state index is 13.6. The fraction of sp³-hybridized carbons (Fsp3) is 0.404. The van der Waals surface area contributed by atoms with Crippen LogP contribution in [0.4, 0.5) is 4.79 Å². The Kier molecular flexibility index (Phi) is 12.8. The molecule has 0 saturated carbocycles. The largest absolute Gasteiger partial charge is 0.453 e. The van der Waals surface area contributed by atoms with E-state index in [2.05, 4.69) is 74.9 Å². The van der Waals surface area contributed by atoms with Gasteiger partial charge in [-0.2, -0.15) is 0 Å². The van der Waals surface area contributed by atoms with Crippen LogP contribution in [0.5, 0.6) is 0 Å². The summed E-state index contributed by atoms with van der Waals surface area (Å²) in [7, 11) is 1.30. The lowest BCUT2D eigenvalue weighted by molar-refractivity contribution is -0.139. The Hall–Kier alpha value is -5.64. The molecule has 3 aliphatic heterocycles. The molecule has 0 bridgehead atoms. The molecule has 2 fully saturated rings. The number of methoxy groups -OCH3 is 1. The monoisotopic (exact) mass is 875 g/mol. The van der Waals surface area contributed by atoms with E-state index in [1.165, 1.54) is 27.6 Å². The van der Waals surface area contributed by atoms with Crippen molar-refractivity contribution in [1.82, 2.24) is 30.4 Å². The van der Waals surface area contributed by atoms with E-state index in [1.807, 2.05) is 45.0 Å². The first-order chi connectivity index (χ1) is 29.9. The van der Waals surface area contributed by atoms with E-state index in [0.29, 0.717) is 19.5 Å². The third-order valence-electron chi connectivity index (χ3n) is 12.3. The summed E-state index contributed by atoms with van der Waals surface area (Å²) in [6, 6.07) is 15.5. The van der Waals surface area contributed by atoms with Crippen molar-refractivity contribution in [2.75, 3.05) is 26.8 Å². The van der Waals surface area contributed by atoms with Crippen molar-refractivity contribution >= 4 is 67.2 Å². The molecule has 6 heterocycles. The summed E-state index contributed by atoms with van der Waals surface area (Å²) in [5, 5.41) is 19.1. The Labute approximate surface area is 369 Å². The van der Waals surface area contributed by atoms with Gasteiger partial charge in [0.25, 0.3) is 0 Å². The van der Waals surface area contributed by atoms with Crippen molar-refractivity contribution in [2.24, 2.45) is 16.8 Å². The molecular formula is C47H53N7O6S2. The number of nitrogens with one attached hydrogen (secondary N) is 3. The van der Waals surface area contributed by atoms with Crippen LogP contribution in [0.15, 0.2) is 76.7 Å². The van der Waals surface area contributed by atoms with Crippen LogP contribution < -0.4 is 10.6 Å². The fourth-order valence-electron chi connectivity index (χ4n) is 8.87. The highest BCUT2D eigenvalue weighted by Crippen LogP contribution is 2.45. The molecular weight excluding hydrogens is 823 g/mol. The first kappa shape index (κ1) is 43.0. The normalized spacial score (nSPS) is 18.6. The number of aliphatic imine (C=N–C) groups is 1. The highest BCUT2D eigenvalue weighted by atomic mass is 32.1. The molecule has 4 atom stereocenters. The van der Waals surface area contributed by atoms with E-state index in [1.54, 1.807) is 27.6 Å². The number of carbonyl (C=O) groups is 4. The number of nitrogens with zero attached hydrogens (tertiary/aromatic N) is 4. The number of hydrogen-bond donors (Lipinski definition) is 4. The van der Waals surface area contributed by atoms with Gasteiger partial charge in [-0.25, -0.2) is 9.78 Å². The number of H-pyrrole nitrogens is 1. The van der Waals surface area contributed by atoms with Crippen molar-refractivity contribution in [1.29, 1.82) is 0 Å². The third kappa shape index (κ3) is 8.57. The number of likely N-dealkylation sites (tertiary alicyclic amines) is 2. The molecule has 4 amide bonds. The van der Waals surface area contributed by atoms with Crippen LogP contribution in [-0.2, 0) is 19.1 Å². The van der Waals surface area contributed by atoms with Gasteiger partial charge in [-0.05, 0) is 65.3 Å². The number of aliphatic hydroxyl groups is 1. The Balaban J connectivity index is 0.913. The molecule has 3 aromatic heterocycles. The number of hydrogen-bond acceptors (Lipinski definition) is 10. The number of amides is 4. The molecule has 8 rings (SSSR count). The van der Waals surface area contributed by atoms with E-state index in [9.17, 15) is 24.3 Å². The van der Waals surface area contributed by atoms with Gasteiger partial charge in [-0.1, -0.05) is 76.2 Å². The maximum atomic E-state index is 13.6. The molecule has 2 saturated heterocycles. The molecule has 4 N–H and O–H groups in total. The van der Waals surface area contributed by atoms with Crippen LogP contribution in [0.1, 0.15) is 77.2 Å². The summed E-state index contributed by atoms with van der Waals surface area (Å²) in [6.45, 7) is 8.17. The average Bonchev–Trinajstić information content (AvgIpc) is 4.14. The van der Waals surface area contributed by atoms with E-state index in [0.717, 1.165) is 70.7 Å². The minimum atomic E-state index is -0.718. The number of aromatic amines is 1. The number of aromatic nitrogens is 2. The molecule has 0 radical (unpaired) electrons. The standard InChI is InChI=1S/C47H53N7O6S2/c1-26(2)40(51-39(56)23-55)45(57)54-19-7-9-38(54)44-49-22-36(50-44)31-16-14-30(15-17-31)34-25-62-42-33(24-61-43(34)42)29-12-10-28(11-13-29)32-20-35(48-21-32)37-8-6-18-53(37)46(58)41(27(3)4)52-47(59)60-5/h10-17,21-22,24-27,37-38,40-41,55H,6-9,18-20,23H2,1-5H3,(H,49,50)(H,51,56)(H,52,59)/t37?,38?,40-,41-/m0/s1. The van der Waals surface area contributed by atoms with Gasteiger partial charge in [0.2, 0.25) is 17.7 Å². The highest BCUT2D eigenvalue weighted by Gasteiger charge is 2.39. The van der Waals surface area contributed by atoms with Crippen molar-refractivity contribution in [3.63, 3.8) is 0 Å². The highest BCUT2D eigenvalue weighted by molar-refractivity contribution is 7.27. The Bertz CT molecular complexity index is 2520. The topological polar surface area (TPSA) is 169 Å². The van der Waals surface area contributed by atoms with E-state index in [4.69, 9.17) is 14.7 Å².